The smallest absolute Gasteiger partial charge is 0.0111 e. The normalized spacial score (nSPS) is 36.4. The van der Waals surface area contributed by atoms with E-state index in [4.69, 9.17) is 0 Å². The van der Waals surface area contributed by atoms with Crippen LogP contribution in [0.1, 0.15) is 39.0 Å². The molecule has 1 saturated carbocycles. The largest absolute Gasteiger partial charge is 0.317 e. The van der Waals surface area contributed by atoms with Gasteiger partial charge in [-0.15, -0.1) is 0 Å². The van der Waals surface area contributed by atoms with E-state index in [1.165, 1.54) is 45.2 Å². The number of likely N-dealkylation sites (tertiary alicyclic amines) is 1. The summed E-state index contributed by atoms with van der Waals surface area (Å²) in [4.78, 5) is 2.73. The highest BCUT2D eigenvalue weighted by molar-refractivity contribution is 4.87. The van der Waals surface area contributed by atoms with Crippen molar-refractivity contribution in [3.63, 3.8) is 0 Å². The van der Waals surface area contributed by atoms with Crippen LogP contribution in [0.15, 0.2) is 0 Å². The summed E-state index contributed by atoms with van der Waals surface area (Å²) in [5, 5.41) is 3.42. The zero-order valence-corrected chi connectivity index (χ0v) is 9.63. The Balaban J connectivity index is 1.79. The molecule has 2 unspecified atom stereocenters. The lowest BCUT2D eigenvalue weighted by Crippen LogP contribution is -2.40. The van der Waals surface area contributed by atoms with Crippen LogP contribution in [0.3, 0.4) is 0 Å². The fourth-order valence-electron chi connectivity index (χ4n) is 2.95. The van der Waals surface area contributed by atoms with E-state index in [-0.39, 0.29) is 0 Å². The van der Waals surface area contributed by atoms with Gasteiger partial charge in [0.2, 0.25) is 0 Å². The minimum atomic E-state index is 0.791. The van der Waals surface area contributed by atoms with Gasteiger partial charge in [0.25, 0.3) is 0 Å². The van der Waals surface area contributed by atoms with Gasteiger partial charge in [0.1, 0.15) is 0 Å². The van der Waals surface area contributed by atoms with E-state index in [0.29, 0.717) is 0 Å². The van der Waals surface area contributed by atoms with Gasteiger partial charge in [-0.05, 0) is 58.2 Å². The molecule has 0 bridgehead atoms. The average Bonchev–Trinajstić information content (AvgIpc) is 2.67. The maximum atomic E-state index is 3.42. The molecular weight excluding hydrogens is 172 g/mol. The van der Waals surface area contributed by atoms with Crippen molar-refractivity contribution in [2.75, 3.05) is 20.1 Å². The Labute approximate surface area is 88.1 Å². The Morgan fingerprint density at radius 1 is 1.07 bits per heavy atom. The third-order valence-electron chi connectivity index (χ3n) is 4.15. The van der Waals surface area contributed by atoms with Gasteiger partial charge in [-0.3, -0.25) is 0 Å². The van der Waals surface area contributed by atoms with Crippen LogP contribution in [0.5, 0.6) is 0 Å². The Kier molecular flexibility index (Phi) is 3.45. The lowest BCUT2D eigenvalue weighted by Gasteiger charge is -2.35. The van der Waals surface area contributed by atoms with Crippen molar-refractivity contribution >= 4 is 0 Å². The molecule has 2 fully saturated rings. The SMILES string of the molecule is CNC1CCC(N2CCC(C)CC2)C1. The predicted octanol–water partition coefficient (Wildman–Crippen LogP) is 1.86. The van der Waals surface area contributed by atoms with Gasteiger partial charge < -0.3 is 10.2 Å². The molecule has 2 heteroatoms. The van der Waals surface area contributed by atoms with Gasteiger partial charge in [0.05, 0.1) is 0 Å². The average molecular weight is 196 g/mol. The molecule has 14 heavy (non-hydrogen) atoms. The maximum Gasteiger partial charge on any atom is 0.0111 e. The van der Waals surface area contributed by atoms with Crippen molar-refractivity contribution in [1.82, 2.24) is 10.2 Å². The minimum Gasteiger partial charge on any atom is -0.317 e. The highest BCUT2D eigenvalue weighted by Crippen LogP contribution is 2.27. The first kappa shape index (κ1) is 10.4. The first-order valence-corrected chi connectivity index (χ1v) is 6.21. The van der Waals surface area contributed by atoms with Crippen LogP contribution in [-0.2, 0) is 0 Å². The molecule has 0 spiro atoms. The van der Waals surface area contributed by atoms with Gasteiger partial charge in [0, 0.05) is 12.1 Å². The fourth-order valence-corrected chi connectivity index (χ4v) is 2.95. The zero-order chi connectivity index (χ0) is 9.97. The van der Waals surface area contributed by atoms with Crippen molar-refractivity contribution in [2.45, 2.75) is 51.1 Å². The highest BCUT2D eigenvalue weighted by Gasteiger charge is 2.29. The molecule has 1 saturated heterocycles. The molecule has 0 aromatic carbocycles. The molecule has 2 atom stereocenters. The van der Waals surface area contributed by atoms with Crippen molar-refractivity contribution in [2.24, 2.45) is 5.92 Å². The molecular formula is C12H24N2. The summed E-state index contributed by atoms with van der Waals surface area (Å²) < 4.78 is 0. The number of hydrogen-bond acceptors (Lipinski definition) is 2. The lowest BCUT2D eigenvalue weighted by atomic mass is 9.97. The van der Waals surface area contributed by atoms with Crippen molar-refractivity contribution < 1.29 is 0 Å². The van der Waals surface area contributed by atoms with E-state index in [9.17, 15) is 0 Å². The number of piperidine rings is 1. The lowest BCUT2D eigenvalue weighted by molar-refractivity contribution is 0.138. The van der Waals surface area contributed by atoms with Crippen molar-refractivity contribution in [3.05, 3.63) is 0 Å². The maximum absolute atomic E-state index is 3.42. The molecule has 82 valence electrons. The van der Waals surface area contributed by atoms with Gasteiger partial charge in [0.15, 0.2) is 0 Å². The van der Waals surface area contributed by atoms with Gasteiger partial charge >= 0.3 is 0 Å². The zero-order valence-electron chi connectivity index (χ0n) is 9.63. The van der Waals surface area contributed by atoms with Gasteiger partial charge in [-0.2, -0.15) is 0 Å². The molecule has 1 aliphatic heterocycles. The van der Waals surface area contributed by atoms with Gasteiger partial charge in [-0.25, -0.2) is 0 Å². The summed E-state index contributed by atoms with van der Waals surface area (Å²) in [7, 11) is 2.10. The van der Waals surface area contributed by atoms with E-state index in [2.05, 4.69) is 24.2 Å². The summed E-state index contributed by atoms with van der Waals surface area (Å²) in [6.45, 7) is 5.09. The molecule has 0 radical (unpaired) electrons. The summed E-state index contributed by atoms with van der Waals surface area (Å²) in [5.74, 6) is 0.966. The molecule has 0 aromatic heterocycles. The topological polar surface area (TPSA) is 15.3 Å². The first-order chi connectivity index (χ1) is 6.79. The highest BCUT2D eigenvalue weighted by atomic mass is 15.2. The van der Waals surface area contributed by atoms with E-state index >= 15 is 0 Å². The molecule has 0 aromatic rings. The molecule has 1 N–H and O–H groups in total. The Bertz CT molecular complexity index is 173. The van der Waals surface area contributed by atoms with Gasteiger partial charge in [-0.1, -0.05) is 6.92 Å². The predicted molar refractivity (Wildman–Crippen MR) is 60.5 cm³/mol. The molecule has 2 aliphatic rings. The van der Waals surface area contributed by atoms with Crippen LogP contribution in [-0.4, -0.2) is 37.1 Å². The third kappa shape index (κ3) is 2.29. The second-order valence-electron chi connectivity index (χ2n) is 5.17. The second-order valence-corrected chi connectivity index (χ2v) is 5.17. The number of hydrogen-bond donors (Lipinski definition) is 1. The van der Waals surface area contributed by atoms with Crippen LogP contribution in [0.2, 0.25) is 0 Å². The minimum absolute atomic E-state index is 0.791. The van der Waals surface area contributed by atoms with Crippen LogP contribution in [0.4, 0.5) is 0 Å². The number of nitrogens with zero attached hydrogens (tertiary/aromatic N) is 1. The van der Waals surface area contributed by atoms with Crippen molar-refractivity contribution in [1.29, 1.82) is 0 Å². The second kappa shape index (κ2) is 4.63. The Morgan fingerprint density at radius 3 is 2.36 bits per heavy atom. The monoisotopic (exact) mass is 196 g/mol. The summed E-state index contributed by atoms with van der Waals surface area (Å²) in [6, 6.07) is 1.68. The van der Waals surface area contributed by atoms with E-state index in [0.717, 1.165) is 18.0 Å². The van der Waals surface area contributed by atoms with E-state index < -0.39 is 0 Å². The molecule has 0 amide bonds. The first-order valence-electron chi connectivity index (χ1n) is 6.21. The van der Waals surface area contributed by atoms with Crippen LogP contribution < -0.4 is 5.32 Å². The molecule has 2 rings (SSSR count). The summed E-state index contributed by atoms with van der Waals surface area (Å²) in [5.41, 5.74) is 0. The van der Waals surface area contributed by atoms with Crippen LogP contribution >= 0.6 is 0 Å². The summed E-state index contributed by atoms with van der Waals surface area (Å²) in [6.07, 6.45) is 7.01. The standard InChI is InChI=1S/C12H24N2/c1-10-5-7-14(8-6-10)12-4-3-11(9-12)13-2/h10-13H,3-9H2,1-2H3. The molecule has 1 aliphatic carbocycles. The van der Waals surface area contributed by atoms with Crippen molar-refractivity contribution in [3.8, 4) is 0 Å². The number of nitrogens with one attached hydrogen (secondary N) is 1. The Hall–Kier alpha value is -0.0800. The quantitative estimate of drug-likeness (QED) is 0.725. The van der Waals surface area contributed by atoms with Crippen LogP contribution in [0, 0.1) is 5.92 Å². The van der Waals surface area contributed by atoms with E-state index in [1.807, 2.05) is 0 Å². The van der Waals surface area contributed by atoms with Crippen LogP contribution in [0.25, 0.3) is 0 Å². The fraction of sp³-hybridized carbons (Fsp3) is 1.00. The Morgan fingerprint density at radius 2 is 1.79 bits per heavy atom. The molecule has 1 heterocycles. The van der Waals surface area contributed by atoms with E-state index in [1.54, 1.807) is 0 Å². The number of rotatable bonds is 2. The summed E-state index contributed by atoms with van der Waals surface area (Å²) >= 11 is 0. The molecule has 2 nitrogen and oxygen atoms in total. The third-order valence-corrected chi connectivity index (χ3v) is 4.15.